The van der Waals surface area contributed by atoms with Crippen molar-refractivity contribution in [3.8, 4) is 5.75 Å². The average Bonchev–Trinajstić information content (AvgIpc) is 2.56. The molecule has 2 aromatic carbocycles. The third-order valence-corrected chi connectivity index (χ3v) is 3.25. The molecular weight excluding hydrogens is 299 g/mol. The van der Waals surface area contributed by atoms with Gasteiger partial charge >= 0.3 is 6.03 Å². The van der Waals surface area contributed by atoms with E-state index in [-0.39, 0.29) is 5.56 Å². The molecule has 2 rings (SSSR count). The number of amides is 3. The van der Waals surface area contributed by atoms with Gasteiger partial charge in [-0.3, -0.25) is 10.1 Å². The van der Waals surface area contributed by atoms with Crippen LogP contribution in [0.3, 0.4) is 0 Å². The van der Waals surface area contributed by atoms with Gasteiger partial charge in [0, 0.05) is 19.2 Å². The average molecular weight is 316 g/mol. The molecule has 3 amide bonds. The Balaban J connectivity index is 1.93. The van der Waals surface area contributed by atoms with E-state index in [9.17, 15) is 14.0 Å². The maximum Gasteiger partial charge on any atom is 0.324 e. The zero-order valence-corrected chi connectivity index (χ0v) is 12.9. The Bertz CT molecular complexity index is 684. The van der Waals surface area contributed by atoms with E-state index in [4.69, 9.17) is 4.74 Å². The second-order valence-electron chi connectivity index (χ2n) is 4.97. The highest BCUT2D eigenvalue weighted by atomic mass is 19.1. The summed E-state index contributed by atoms with van der Waals surface area (Å²) in [5.41, 5.74) is 1.12. The van der Waals surface area contributed by atoms with Gasteiger partial charge in [-0.25, -0.2) is 9.18 Å². The minimum absolute atomic E-state index is 0.220. The number of nitrogens with zero attached hydrogens (tertiary/aromatic N) is 1. The molecule has 0 heterocycles. The van der Waals surface area contributed by atoms with Gasteiger partial charge < -0.3 is 9.64 Å². The van der Waals surface area contributed by atoms with Crippen molar-refractivity contribution in [2.24, 2.45) is 0 Å². The van der Waals surface area contributed by atoms with Crippen LogP contribution in [0.4, 0.5) is 9.18 Å². The third-order valence-electron chi connectivity index (χ3n) is 3.25. The van der Waals surface area contributed by atoms with Gasteiger partial charge in [0.25, 0.3) is 5.91 Å². The van der Waals surface area contributed by atoms with Crippen molar-refractivity contribution in [3.63, 3.8) is 0 Å². The molecule has 0 aliphatic rings. The van der Waals surface area contributed by atoms with E-state index >= 15 is 0 Å². The summed E-state index contributed by atoms with van der Waals surface area (Å²) in [4.78, 5) is 25.3. The van der Waals surface area contributed by atoms with Crippen molar-refractivity contribution >= 4 is 11.9 Å². The monoisotopic (exact) mass is 316 g/mol. The Hall–Kier alpha value is -2.89. The molecule has 6 heteroatoms. The van der Waals surface area contributed by atoms with Crippen molar-refractivity contribution in [2.45, 2.75) is 6.54 Å². The standard InChI is InChI=1S/C17H17FN2O3/c1-20(11-12-3-9-15(23-2)10-4-12)17(22)19-16(21)13-5-7-14(18)8-6-13/h3-10H,11H2,1-2H3,(H,19,21,22). The number of ether oxygens (including phenoxy) is 1. The molecule has 120 valence electrons. The topological polar surface area (TPSA) is 58.6 Å². The molecule has 2 aromatic rings. The van der Waals surface area contributed by atoms with Gasteiger partial charge in [0.05, 0.1) is 7.11 Å². The normalized spacial score (nSPS) is 10.0. The van der Waals surface area contributed by atoms with E-state index < -0.39 is 17.8 Å². The van der Waals surface area contributed by atoms with Crippen LogP contribution >= 0.6 is 0 Å². The molecule has 0 aliphatic heterocycles. The maximum absolute atomic E-state index is 12.8. The van der Waals surface area contributed by atoms with Gasteiger partial charge in [0.15, 0.2) is 0 Å². The highest BCUT2D eigenvalue weighted by molar-refractivity contribution is 6.04. The van der Waals surface area contributed by atoms with Crippen LogP contribution in [0.1, 0.15) is 15.9 Å². The molecule has 0 aliphatic carbocycles. The first kappa shape index (κ1) is 16.5. The van der Waals surface area contributed by atoms with Crippen molar-refractivity contribution < 1.29 is 18.7 Å². The number of carbonyl (C=O) groups is 2. The van der Waals surface area contributed by atoms with Gasteiger partial charge in [-0.05, 0) is 42.0 Å². The Labute approximate surface area is 133 Å². The van der Waals surface area contributed by atoms with Gasteiger partial charge in [-0.15, -0.1) is 0 Å². The Morgan fingerprint density at radius 3 is 2.26 bits per heavy atom. The first-order valence-corrected chi connectivity index (χ1v) is 6.94. The van der Waals surface area contributed by atoms with Crippen LogP contribution in [-0.4, -0.2) is 31.0 Å². The minimum Gasteiger partial charge on any atom is -0.497 e. The lowest BCUT2D eigenvalue weighted by molar-refractivity contribution is 0.0954. The molecule has 1 N–H and O–H groups in total. The summed E-state index contributed by atoms with van der Waals surface area (Å²) in [5, 5.41) is 2.26. The van der Waals surface area contributed by atoms with Crippen LogP contribution < -0.4 is 10.1 Å². The SMILES string of the molecule is COc1ccc(CN(C)C(=O)NC(=O)c2ccc(F)cc2)cc1. The van der Waals surface area contributed by atoms with Gasteiger partial charge in [0.1, 0.15) is 11.6 Å². The van der Waals surface area contributed by atoms with Crippen molar-refractivity contribution in [3.05, 3.63) is 65.5 Å². The number of carbonyl (C=O) groups excluding carboxylic acids is 2. The fraction of sp³-hybridized carbons (Fsp3) is 0.176. The summed E-state index contributed by atoms with van der Waals surface area (Å²) in [5.74, 6) is -0.284. The summed E-state index contributed by atoms with van der Waals surface area (Å²) in [7, 11) is 3.16. The van der Waals surface area contributed by atoms with Gasteiger partial charge in [-0.2, -0.15) is 0 Å². The van der Waals surface area contributed by atoms with Crippen LogP contribution in [0.5, 0.6) is 5.75 Å². The minimum atomic E-state index is -0.573. The summed E-state index contributed by atoms with van der Waals surface area (Å²) in [6.45, 7) is 0.340. The fourth-order valence-corrected chi connectivity index (χ4v) is 1.94. The molecule has 0 saturated heterocycles. The van der Waals surface area contributed by atoms with Crippen LogP contribution in [0.15, 0.2) is 48.5 Å². The summed E-state index contributed by atoms with van der Waals surface area (Å²) in [6, 6.07) is 11.7. The number of urea groups is 1. The zero-order chi connectivity index (χ0) is 16.8. The second kappa shape index (κ2) is 7.40. The van der Waals surface area contributed by atoms with Gasteiger partial charge in [-0.1, -0.05) is 12.1 Å². The molecule has 0 saturated carbocycles. The molecule has 0 spiro atoms. The van der Waals surface area contributed by atoms with Crippen LogP contribution in [0, 0.1) is 5.82 Å². The number of methoxy groups -OCH3 is 1. The highest BCUT2D eigenvalue weighted by Crippen LogP contribution is 2.12. The van der Waals surface area contributed by atoms with Crippen LogP contribution in [0.25, 0.3) is 0 Å². The number of nitrogens with one attached hydrogen (secondary N) is 1. The lowest BCUT2D eigenvalue weighted by Crippen LogP contribution is -2.40. The van der Waals surface area contributed by atoms with Crippen LogP contribution in [0.2, 0.25) is 0 Å². The third kappa shape index (κ3) is 4.54. The summed E-state index contributed by atoms with van der Waals surface area (Å²) >= 11 is 0. The number of hydrogen-bond acceptors (Lipinski definition) is 3. The molecule has 0 atom stereocenters. The summed E-state index contributed by atoms with van der Waals surface area (Å²) < 4.78 is 17.9. The largest absolute Gasteiger partial charge is 0.497 e. The molecule has 0 fully saturated rings. The molecule has 0 aromatic heterocycles. The highest BCUT2D eigenvalue weighted by Gasteiger charge is 2.14. The summed E-state index contributed by atoms with van der Waals surface area (Å²) in [6.07, 6.45) is 0. The lowest BCUT2D eigenvalue weighted by atomic mass is 10.2. The first-order valence-electron chi connectivity index (χ1n) is 6.94. The number of hydrogen-bond donors (Lipinski definition) is 1. The quantitative estimate of drug-likeness (QED) is 0.943. The molecule has 0 unspecified atom stereocenters. The fourth-order valence-electron chi connectivity index (χ4n) is 1.94. The molecular formula is C17H17FN2O3. The second-order valence-corrected chi connectivity index (χ2v) is 4.97. The molecule has 5 nitrogen and oxygen atoms in total. The van der Waals surface area contributed by atoms with Crippen molar-refractivity contribution in [1.29, 1.82) is 0 Å². The predicted molar refractivity (Wildman–Crippen MR) is 83.7 cm³/mol. The van der Waals surface area contributed by atoms with Crippen molar-refractivity contribution in [1.82, 2.24) is 10.2 Å². The Morgan fingerprint density at radius 1 is 1.09 bits per heavy atom. The van der Waals surface area contributed by atoms with Gasteiger partial charge in [0.2, 0.25) is 0 Å². The number of halogens is 1. The van der Waals surface area contributed by atoms with E-state index in [0.29, 0.717) is 6.54 Å². The molecule has 0 bridgehead atoms. The maximum atomic E-state index is 12.8. The van der Waals surface area contributed by atoms with E-state index in [1.807, 2.05) is 12.1 Å². The number of rotatable bonds is 4. The van der Waals surface area contributed by atoms with Crippen molar-refractivity contribution in [2.75, 3.05) is 14.2 Å². The predicted octanol–water partition coefficient (Wildman–Crippen LogP) is 2.82. The molecule has 23 heavy (non-hydrogen) atoms. The van der Waals surface area contributed by atoms with E-state index in [1.165, 1.54) is 29.2 Å². The van der Waals surface area contributed by atoms with E-state index in [0.717, 1.165) is 11.3 Å². The Morgan fingerprint density at radius 2 is 1.70 bits per heavy atom. The van der Waals surface area contributed by atoms with E-state index in [1.54, 1.807) is 26.3 Å². The first-order chi connectivity index (χ1) is 11.0. The lowest BCUT2D eigenvalue weighted by Gasteiger charge is -2.17. The van der Waals surface area contributed by atoms with Crippen LogP contribution in [-0.2, 0) is 6.54 Å². The van der Waals surface area contributed by atoms with E-state index in [2.05, 4.69) is 5.32 Å². The molecule has 0 radical (unpaired) electrons. The smallest absolute Gasteiger partial charge is 0.324 e. The Kier molecular flexibility index (Phi) is 5.30. The number of benzene rings is 2. The number of imide groups is 1. The zero-order valence-electron chi connectivity index (χ0n) is 12.9.